The number of hydrogen-bond acceptors (Lipinski definition) is 5. The molecule has 1 heterocycles. The molecule has 2 aromatic carbocycles. The summed E-state index contributed by atoms with van der Waals surface area (Å²) in [5.74, 6) is -2.64. The lowest BCUT2D eigenvalue weighted by Crippen LogP contribution is -2.46. The van der Waals surface area contributed by atoms with Crippen molar-refractivity contribution in [3.63, 3.8) is 0 Å². The fourth-order valence-electron chi connectivity index (χ4n) is 4.65. The number of likely N-dealkylation sites (tertiary alicyclic amines) is 1. The summed E-state index contributed by atoms with van der Waals surface area (Å²) in [7, 11) is -4.39. The van der Waals surface area contributed by atoms with Gasteiger partial charge in [-0.1, -0.05) is 29.8 Å². The van der Waals surface area contributed by atoms with Gasteiger partial charge in [0.1, 0.15) is 11.8 Å². The third kappa shape index (κ3) is 5.81. The van der Waals surface area contributed by atoms with Crippen molar-refractivity contribution in [2.45, 2.75) is 53.2 Å². The van der Waals surface area contributed by atoms with Gasteiger partial charge in [0.15, 0.2) is 16.4 Å². The molecule has 0 unspecified atom stereocenters. The number of alkyl halides is 6. The van der Waals surface area contributed by atoms with Crippen LogP contribution in [-0.4, -0.2) is 60.9 Å². The first-order chi connectivity index (χ1) is 18.0. The smallest absolute Gasteiger partial charge is 0.422 e. The van der Waals surface area contributed by atoms with E-state index in [-0.39, 0.29) is 24.2 Å². The van der Waals surface area contributed by atoms with E-state index in [4.69, 9.17) is 11.6 Å². The van der Waals surface area contributed by atoms with Gasteiger partial charge < -0.3 is 14.7 Å². The Kier molecular flexibility index (Phi) is 7.34. The lowest BCUT2D eigenvalue weighted by atomic mass is 9.92. The monoisotopic (exact) mass is 599 g/mol. The van der Waals surface area contributed by atoms with E-state index in [1.54, 1.807) is 0 Å². The van der Waals surface area contributed by atoms with Gasteiger partial charge >= 0.3 is 18.3 Å². The van der Waals surface area contributed by atoms with E-state index in [9.17, 15) is 49.5 Å². The highest BCUT2D eigenvalue weighted by Gasteiger charge is 2.57. The number of carboxylic acid groups (broad SMARTS) is 1. The molecule has 0 bridgehead atoms. The Bertz CT molecular complexity index is 1410. The van der Waals surface area contributed by atoms with Crippen LogP contribution in [0.15, 0.2) is 47.4 Å². The minimum atomic E-state index is -4.67. The van der Waals surface area contributed by atoms with Crippen LogP contribution in [0.1, 0.15) is 30.4 Å². The molecule has 1 aliphatic carbocycles. The second-order valence-electron chi connectivity index (χ2n) is 9.37. The zero-order valence-electron chi connectivity index (χ0n) is 19.7. The number of nitrogens with zero attached hydrogens (tertiary/aromatic N) is 1. The quantitative estimate of drug-likeness (QED) is 0.456. The summed E-state index contributed by atoms with van der Waals surface area (Å²) in [6, 6.07) is 5.33. The van der Waals surface area contributed by atoms with Crippen LogP contribution in [0, 0.1) is 0 Å². The number of sulfone groups is 1. The summed E-state index contributed by atoms with van der Waals surface area (Å²) < 4.78 is 108. The minimum Gasteiger partial charge on any atom is -0.484 e. The van der Waals surface area contributed by atoms with E-state index >= 15 is 0 Å². The van der Waals surface area contributed by atoms with Gasteiger partial charge in [0, 0.05) is 12.6 Å². The summed E-state index contributed by atoms with van der Waals surface area (Å²) in [6.45, 7) is -2.20. The topological polar surface area (TPSA) is 101 Å². The molecule has 1 aliphatic heterocycles. The fourth-order valence-corrected chi connectivity index (χ4v) is 6.88. The highest BCUT2D eigenvalue weighted by atomic mass is 35.5. The molecule has 1 saturated heterocycles. The number of carbonyl (C=O) groups excluding carboxylic acids is 1. The van der Waals surface area contributed by atoms with Crippen LogP contribution < -0.4 is 4.74 Å². The number of hydrogen-bond donors (Lipinski definition) is 1. The highest BCUT2D eigenvalue weighted by molar-refractivity contribution is 7.92. The second-order valence-corrected chi connectivity index (χ2v) is 12.0. The predicted molar refractivity (Wildman–Crippen MR) is 124 cm³/mol. The number of ether oxygens (including phenoxy) is 1. The number of amides is 1. The molecule has 4 rings (SSSR count). The van der Waals surface area contributed by atoms with Crippen molar-refractivity contribution < 1.29 is 54.2 Å². The Balaban J connectivity index is 1.60. The van der Waals surface area contributed by atoms with Crippen LogP contribution >= 0.6 is 11.6 Å². The molecule has 2 fully saturated rings. The van der Waals surface area contributed by atoms with Gasteiger partial charge in [0.05, 0.1) is 26.1 Å². The zero-order chi connectivity index (χ0) is 29.0. The average Bonchev–Trinajstić information content (AvgIpc) is 3.51. The van der Waals surface area contributed by atoms with Gasteiger partial charge in [-0.15, -0.1) is 0 Å². The van der Waals surface area contributed by atoms with Crippen LogP contribution in [-0.2, 0) is 31.0 Å². The largest absolute Gasteiger partial charge is 0.484 e. The first-order valence-corrected chi connectivity index (χ1v) is 13.3. The number of rotatable bonds is 7. The normalized spacial score (nSPS) is 21.1. The molecule has 212 valence electrons. The van der Waals surface area contributed by atoms with Crippen LogP contribution in [0.2, 0.25) is 5.02 Å². The first-order valence-electron chi connectivity index (χ1n) is 11.4. The Morgan fingerprint density at radius 3 is 2.28 bits per heavy atom. The molecule has 0 radical (unpaired) electrons. The van der Waals surface area contributed by atoms with Crippen molar-refractivity contribution in [2.75, 3.05) is 13.2 Å². The van der Waals surface area contributed by atoms with Crippen molar-refractivity contribution in [2.24, 2.45) is 0 Å². The van der Waals surface area contributed by atoms with Gasteiger partial charge in [-0.3, -0.25) is 4.79 Å². The van der Waals surface area contributed by atoms with Crippen LogP contribution in [0.5, 0.6) is 5.75 Å². The zero-order valence-corrected chi connectivity index (χ0v) is 21.3. The number of carbonyl (C=O) groups is 2. The molecule has 0 aromatic heterocycles. The number of aliphatic carboxylic acids is 1. The third-order valence-corrected chi connectivity index (χ3v) is 9.37. The Labute approximate surface area is 223 Å². The Morgan fingerprint density at radius 2 is 1.74 bits per heavy atom. The Hall–Kier alpha value is -3.00. The maximum Gasteiger partial charge on any atom is 0.422 e. The van der Waals surface area contributed by atoms with E-state index in [1.807, 2.05) is 0 Å². The van der Waals surface area contributed by atoms with Crippen molar-refractivity contribution in [1.82, 2.24) is 4.90 Å². The van der Waals surface area contributed by atoms with Gasteiger partial charge in [-0.2, -0.15) is 26.3 Å². The Morgan fingerprint density at radius 1 is 1.08 bits per heavy atom. The number of benzene rings is 2. The summed E-state index contributed by atoms with van der Waals surface area (Å²) >= 11 is 6.03. The molecule has 0 spiro atoms. The minimum absolute atomic E-state index is 0.0512. The van der Waals surface area contributed by atoms with E-state index in [0.717, 1.165) is 41.3 Å². The van der Waals surface area contributed by atoms with Gasteiger partial charge in [-0.05, 0) is 43.0 Å². The molecular formula is C24H20ClF6NO6S. The van der Waals surface area contributed by atoms with Gasteiger partial charge in [0.25, 0.3) is 0 Å². The summed E-state index contributed by atoms with van der Waals surface area (Å²) in [5.41, 5.74) is -2.34. The summed E-state index contributed by atoms with van der Waals surface area (Å²) in [5, 5.41) is 7.83. The van der Waals surface area contributed by atoms with Crippen molar-refractivity contribution >= 4 is 33.3 Å². The predicted octanol–water partition coefficient (Wildman–Crippen LogP) is 4.86. The fraction of sp³-hybridized carbons (Fsp3) is 0.417. The summed E-state index contributed by atoms with van der Waals surface area (Å²) in [6.07, 6.45) is -9.53. The van der Waals surface area contributed by atoms with Gasteiger partial charge in [0.2, 0.25) is 5.91 Å². The third-order valence-electron chi connectivity index (χ3n) is 6.76. The van der Waals surface area contributed by atoms with Gasteiger partial charge in [-0.25, -0.2) is 13.2 Å². The van der Waals surface area contributed by atoms with Crippen LogP contribution in [0.25, 0.3) is 0 Å². The number of carboxylic acids is 1. The highest BCUT2D eigenvalue weighted by Crippen LogP contribution is 2.51. The standard InChI is InChI=1S/C24H20ClF6NO6S/c25-17-9-15(38-12-23(26,27)28)4-5-19(17)39(36,37)16-10-18(20(33)34)32(11-16)21(35)22(6-7-22)13-2-1-3-14(8-13)24(29,30)31/h1-5,8-9,16,18H,6-7,10-12H2,(H,33,34)/t16-,18-/m1/s1. The van der Waals surface area contributed by atoms with E-state index in [0.29, 0.717) is 0 Å². The van der Waals surface area contributed by atoms with Crippen molar-refractivity contribution in [1.29, 1.82) is 0 Å². The molecule has 7 nitrogen and oxygen atoms in total. The SMILES string of the molecule is O=C(O)[C@H]1C[C@@H](S(=O)(=O)c2ccc(OCC(F)(F)F)cc2Cl)CN1C(=O)C1(c2cccc(C(F)(F)F)c2)CC1. The first kappa shape index (κ1) is 29.0. The van der Waals surface area contributed by atoms with Crippen LogP contribution in [0.4, 0.5) is 26.3 Å². The second kappa shape index (κ2) is 9.88. The molecule has 1 saturated carbocycles. The molecule has 39 heavy (non-hydrogen) atoms. The molecule has 2 aromatic rings. The van der Waals surface area contributed by atoms with Crippen molar-refractivity contribution in [3.05, 3.63) is 58.6 Å². The molecule has 1 amide bonds. The van der Waals surface area contributed by atoms with Crippen LogP contribution in [0.3, 0.4) is 0 Å². The molecule has 15 heteroatoms. The van der Waals surface area contributed by atoms with E-state index in [1.165, 1.54) is 6.07 Å². The molecule has 2 aliphatic rings. The molecule has 2 atom stereocenters. The number of halogens is 7. The maximum absolute atomic E-state index is 13.5. The van der Waals surface area contributed by atoms with E-state index < -0.39 is 85.8 Å². The van der Waals surface area contributed by atoms with Crippen molar-refractivity contribution in [3.8, 4) is 5.75 Å². The lowest BCUT2D eigenvalue weighted by Gasteiger charge is -2.27. The summed E-state index contributed by atoms with van der Waals surface area (Å²) in [4.78, 5) is 25.9. The molecular weight excluding hydrogens is 580 g/mol. The van der Waals surface area contributed by atoms with E-state index in [2.05, 4.69) is 4.74 Å². The lowest BCUT2D eigenvalue weighted by molar-refractivity contribution is -0.153. The molecule has 1 N–H and O–H groups in total. The maximum atomic E-state index is 13.5. The average molecular weight is 600 g/mol.